The molecule has 1 unspecified atom stereocenters. The second-order valence-electron chi connectivity index (χ2n) is 6.87. The molecule has 1 N–H and O–H groups in total. The summed E-state index contributed by atoms with van der Waals surface area (Å²) in [7, 11) is -4.01. The molecular weight excluding hydrogens is 440 g/mol. The molecule has 1 heterocycles. The first-order chi connectivity index (χ1) is 15.3. The smallest absolute Gasteiger partial charge is 0.387 e. The summed E-state index contributed by atoms with van der Waals surface area (Å²) in [5.74, 6) is -0.0329. The highest BCUT2D eigenvalue weighted by Crippen LogP contribution is 2.27. The van der Waals surface area contributed by atoms with Gasteiger partial charge in [0.05, 0.1) is 10.9 Å². The van der Waals surface area contributed by atoms with E-state index in [0.29, 0.717) is 16.5 Å². The first kappa shape index (κ1) is 21.7. The molecule has 0 amide bonds. The Labute approximate surface area is 182 Å². The fraction of sp³-hybridized carbons (Fsp3) is 0.0870. The largest absolute Gasteiger partial charge is 0.435 e. The fourth-order valence-corrected chi connectivity index (χ4v) is 4.50. The Morgan fingerprint density at radius 1 is 0.844 bits per heavy atom. The van der Waals surface area contributed by atoms with Gasteiger partial charge in [0.25, 0.3) is 0 Å². The third kappa shape index (κ3) is 4.84. The van der Waals surface area contributed by atoms with E-state index < -0.39 is 28.3 Å². The van der Waals surface area contributed by atoms with Gasteiger partial charge in [-0.2, -0.15) is 13.5 Å². The zero-order valence-electron chi connectivity index (χ0n) is 16.4. The summed E-state index contributed by atoms with van der Waals surface area (Å²) in [6.07, 6.45) is 0. The molecule has 0 radical (unpaired) electrons. The molecule has 0 aliphatic rings. The van der Waals surface area contributed by atoms with Crippen molar-refractivity contribution >= 4 is 21.0 Å². The molecule has 164 valence electrons. The van der Waals surface area contributed by atoms with Gasteiger partial charge < -0.3 is 9.15 Å². The maximum absolute atomic E-state index is 13.2. The summed E-state index contributed by atoms with van der Waals surface area (Å²) in [6.45, 7) is -2.96. The molecular formula is C23H17F2NO5S. The number of sulfonamides is 1. The van der Waals surface area contributed by atoms with Gasteiger partial charge in [-0.1, -0.05) is 42.5 Å². The Hall–Kier alpha value is -3.56. The monoisotopic (exact) mass is 457 g/mol. The standard InChI is InChI=1S/C23H17F2NO5S/c24-23(25)30-18-9-6-16(7-10-18)22(15-4-2-1-3-5-15)26-32(28,29)19-11-12-20-17(14-19)8-13-21(27)31-20/h1-14,22-23,26H. The van der Waals surface area contributed by atoms with Crippen LogP contribution in [0.5, 0.6) is 5.75 Å². The summed E-state index contributed by atoms with van der Waals surface area (Å²) in [4.78, 5) is 11.3. The zero-order chi connectivity index (χ0) is 22.7. The lowest BCUT2D eigenvalue weighted by Crippen LogP contribution is -2.29. The van der Waals surface area contributed by atoms with Gasteiger partial charge in [-0.3, -0.25) is 0 Å². The van der Waals surface area contributed by atoms with Gasteiger partial charge in [-0.15, -0.1) is 0 Å². The lowest BCUT2D eigenvalue weighted by molar-refractivity contribution is -0.0498. The van der Waals surface area contributed by atoms with Gasteiger partial charge in [0.15, 0.2) is 0 Å². The van der Waals surface area contributed by atoms with E-state index in [1.165, 1.54) is 54.6 Å². The second-order valence-corrected chi connectivity index (χ2v) is 8.58. The van der Waals surface area contributed by atoms with Gasteiger partial charge in [-0.25, -0.2) is 13.2 Å². The van der Waals surface area contributed by atoms with E-state index in [1.54, 1.807) is 30.3 Å². The lowest BCUT2D eigenvalue weighted by atomic mass is 10.00. The zero-order valence-corrected chi connectivity index (χ0v) is 17.3. The molecule has 1 aromatic heterocycles. The van der Waals surface area contributed by atoms with Crippen LogP contribution in [0.4, 0.5) is 8.78 Å². The number of ether oxygens (including phenoxy) is 1. The van der Waals surface area contributed by atoms with Gasteiger partial charge in [0.1, 0.15) is 11.3 Å². The SMILES string of the molecule is O=c1ccc2cc(S(=O)(=O)NC(c3ccccc3)c3ccc(OC(F)F)cc3)ccc2o1. The van der Waals surface area contributed by atoms with Crippen molar-refractivity contribution in [3.63, 3.8) is 0 Å². The van der Waals surface area contributed by atoms with Crippen molar-refractivity contribution in [3.8, 4) is 5.75 Å². The molecule has 4 aromatic rings. The van der Waals surface area contributed by atoms with Crippen LogP contribution in [0.1, 0.15) is 17.2 Å². The van der Waals surface area contributed by atoms with Crippen LogP contribution in [0.2, 0.25) is 0 Å². The molecule has 4 rings (SSSR count). The minimum absolute atomic E-state index is 0.0163. The Morgan fingerprint density at radius 2 is 1.53 bits per heavy atom. The molecule has 3 aromatic carbocycles. The first-order valence-corrected chi connectivity index (χ1v) is 11.0. The second kappa shape index (κ2) is 8.89. The molecule has 9 heteroatoms. The number of rotatable bonds is 7. The Morgan fingerprint density at radius 3 is 2.22 bits per heavy atom. The van der Waals surface area contributed by atoms with Gasteiger partial charge in [-0.05, 0) is 47.5 Å². The third-order valence-electron chi connectivity index (χ3n) is 4.75. The number of alkyl halides is 2. The van der Waals surface area contributed by atoms with Gasteiger partial charge in [0.2, 0.25) is 10.0 Å². The van der Waals surface area contributed by atoms with E-state index in [1.807, 2.05) is 0 Å². The van der Waals surface area contributed by atoms with Crippen molar-refractivity contribution in [1.29, 1.82) is 0 Å². The van der Waals surface area contributed by atoms with E-state index in [4.69, 9.17) is 4.42 Å². The van der Waals surface area contributed by atoms with E-state index in [0.717, 1.165) is 0 Å². The predicted octanol–water partition coefficient (Wildman–Crippen LogP) is 4.46. The van der Waals surface area contributed by atoms with E-state index in [9.17, 15) is 22.0 Å². The third-order valence-corrected chi connectivity index (χ3v) is 6.17. The highest BCUT2D eigenvalue weighted by Gasteiger charge is 2.23. The maximum Gasteiger partial charge on any atom is 0.387 e. The average Bonchev–Trinajstić information content (AvgIpc) is 2.78. The van der Waals surface area contributed by atoms with Crippen LogP contribution in [0.15, 0.2) is 99.0 Å². The number of nitrogens with one attached hydrogen (secondary N) is 1. The molecule has 0 fully saturated rings. The van der Waals surface area contributed by atoms with Crippen molar-refractivity contribution in [2.45, 2.75) is 17.5 Å². The van der Waals surface area contributed by atoms with E-state index in [-0.39, 0.29) is 16.2 Å². The van der Waals surface area contributed by atoms with Crippen LogP contribution in [-0.2, 0) is 10.0 Å². The van der Waals surface area contributed by atoms with E-state index in [2.05, 4.69) is 9.46 Å². The summed E-state index contributed by atoms with van der Waals surface area (Å²) in [6, 6.07) is 20.7. The molecule has 0 spiro atoms. The fourth-order valence-electron chi connectivity index (χ4n) is 3.26. The highest BCUT2D eigenvalue weighted by molar-refractivity contribution is 7.89. The van der Waals surface area contributed by atoms with Crippen molar-refractivity contribution in [1.82, 2.24) is 4.72 Å². The van der Waals surface area contributed by atoms with E-state index >= 15 is 0 Å². The Kier molecular flexibility index (Phi) is 6.02. The molecule has 1 atom stereocenters. The molecule has 0 saturated heterocycles. The normalized spacial score (nSPS) is 12.7. The molecule has 32 heavy (non-hydrogen) atoms. The lowest BCUT2D eigenvalue weighted by Gasteiger charge is -2.20. The number of fused-ring (bicyclic) bond motifs is 1. The first-order valence-electron chi connectivity index (χ1n) is 9.48. The quantitative estimate of drug-likeness (QED) is 0.414. The summed E-state index contributed by atoms with van der Waals surface area (Å²) in [5, 5.41) is 0.456. The van der Waals surface area contributed by atoms with Gasteiger partial charge >= 0.3 is 12.2 Å². The minimum Gasteiger partial charge on any atom is -0.435 e. The predicted molar refractivity (Wildman–Crippen MR) is 114 cm³/mol. The van der Waals surface area contributed by atoms with Crippen molar-refractivity contribution in [2.24, 2.45) is 0 Å². The topological polar surface area (TPSA) is 85.6 Å². The van der Waals surface area contributed by atoms with Crippen LogP contribution < -0.4 is 15.1 Å². The molecule has 0 saturated carbocycles. The van der Waals surface area contributed by atoms with Gasteiger partial charge in [0, 0.05) is 11.5 Å². The van der Waals surface area contributed by atoms with Crippen LogP contribution >= 0.6 is 0 Å². The Balaban J connectivity index is 1.70. The van der Waals surface area contributed by atoms with Crippen LogP contribution in [0, 0.1) is 0 Å². The number of benzene rings is 3. The summed E-state index contributed by atoms with van der Waals surface area (Å²) in [5.41, 5.74) is 0.930. The minimum atomic E-state index is -4.01. The number of hydrogen-bond acceptors (Lipinski definition) is 5. The van der Waals surface area contributed by atoms with Crippen LogP contribution in [0.25, 0.3) is 11.0 Å². The molecule has 6 nitrogen and oxygen atoms in total. The molecule has 0 aliphatic carbocycles. The van der Waals surface area contributed by atoms with Crippen molar-refractivity contribution in [2.75, 3.05) is 0 Å². The van der Waals surface area contributed by atoms with Crippen LogP contribution in [0.3, 0.4) is 0 Å². The molecule has 0 aliphatic heterocycles. The highest BCUT2D eigenvalue weighted by atomic mass is 32.2. The van der Waals surface area contributed by atoms with Crippen LogP contribution in [-0.4, -0.2) is 15.0 Å². The molecule has 0 bridgehead atoms. The van der Waals surface area contributed by atoms with Crippen molar-refractivity contribution in [3.05, 3.63) is 106 Å². The average molecular weight is 457 g/mol. The summed E-state index contributed by atoms with van der Waals surface area (Å²) < 4.78 is 63.4. The number of halogens is 2. The maximum atomic E-state index is 13.2. The summed E-state index contributed by atoms with van der Waals surface area (Å²) >= 11 is 0. The number of hydrogen-bond donors (Lipinski definition) is 1. The Bertz CT molecular complexity index is 1390. The van der Waals surface area contributed by atoms with Crippen molar-refractivity contribution < 1.29 is 26.4 Å².